The Bertz CT molecular complexity index is 505. The molecule has 0 saturated heterocycles. The van der Waals surface area contributed by atoms with Gasteiger partial charge in [-0.1, -0.05) is 41.9 Å². The first-order chi connectivity index (χ1) is 9.16. The molecule has 3 heteroatoms. The van der Waals surface area contributed by atoms with E-state index in [0.29, 0.717) is 11.2 Å². The zero-order valence-corrected chi connectivity index (χ0v) is 12.1. The lowest BCUT2D eigenvalue weighted by Gasteiger charge is -2.17. The van der Waals surface area contributed by atoms with Crippen molar-refractivity contribution < 1.29 is 0 Å². The second-order valence-corrected chi connectivity index (χ2v) is 5.22. The van der Waals surface area contributed by atoms with Gasteiger partial charge in [-0.3, -0.25) is 0 Å². The molecule has 0 fully saturated rings. The third-order valence-corrected chi connectivity index (χ3v) is 3.50. The maximum Gasteiger partial charge on any atom is 0.152 e. The standard InChI is InChI=1S/C16H19ClN2/c1-12-10-11-18-16(17)15(12)19-13(2)8-9-14-6-4-3-5-7-14/h3-7,10-11,13,19H,8-9H2,1-2H3. The molecule has 1 aromatic heterocycles. The third kappa shape index (κ3) is 3.97. The maximum absolute atomic E-state index is 6.12. The van der Waals surface area contributed by atoms with Crippen LogP contribution in [0, 0.1) is 6.92 Å². The number of hydrogen-bond acceptors (Lipinski definition) is 2. The highest BCUT2D eigenvalue weighted by molar-refractivity contribution is 6.32. The summed E-state index contributed by atoms with van der Waals surface area (Å²) < 4.78 is 0. The van der Waals surface area contributed by atoms with Crippen LogP contribution in [0.4, 0.5) is 5.69 Å². The van der Waals surface area contributed by atoms with Gasteiger partial charge >= 0.3 is 0 Å². The summed E-state index contributed by atoms with van der Waals surface area (Å²) in [4.78, 5) is 4.11. The normalized spacial score (nSPS) is 12.2. The molecule has 0 amide bonds. The Balaban J connectivity index is 1.93. The van der Waals surface area contributed by atoms with E-state index in [0.717, 1.165) is 24.1 Å². The SMILES string of the molecule is Cc1ccnc(Cl)c1NC(C)CCc1ccccc1. The summed E-state index contributed by atoms with van der Waals surface area (Å²) in [6.07, 6.45) is 3.86. The minimum atomic E-state index is 0.362. The lowest BCUT2D eigenvalue weighted by molar-refractivity contribution is 0.705. The Morgan fingerprint density at radius 3 is 2.63 bits per heavy atom. The molecule has 2 rings (SSSR count). The van der Waals surface area contributed by atoms with Gasteiger partial charge in [0, 0.05) is 12.2 Å². The van der Waals surface area contributed by atoms with Crippen LogP contribution in [-0.2, 0) is 6.42 Å². The minimum absolute atomic E-state index is 0.362. The first-order valence-electron chi connectivity index (χ1n) is 6.58. The van der Waals surface area contributed by atoms with Crippen molar-refractivity contribution >= 4 is 17.3 Å². The molecule has 1 N–H and O–H groups in total. The lowest BCUT2D eigenvalue weighted by Crippen LogP contribution is -2.17. The Kier molecular flexibility index (Phi) is 4.80. The van der Waals surface area contributed by atoms with Crippen LogP contribution in [0.15, 0.2) is 42.6 Å². The summed E-state index contributed by atoms with van der Waals surface area (Å²) in [5.41, 5.74) is 3.45. The molecule has 1 atom stereocenters. The fraction of sp³-hybridized carbons (Fsp3) is 0.312. The van der Waals surface area contributed by atoms with Gasteiger partial charge in [0.05, 0.1) is 5.69 Å². The van der Waals surface area contributed by atoms with Crippen LogP contribution in [0.25, 0.3) is 0 Å². The highest BCUT2D eigenvalue weighted by atomic mass is 35.5. The average molecular weight is 275 g/mol. The minimum Gasteiger partial charge on any atom is -0.380 e. The molecule has 1 heterocycles. The summed E-state index contributed by atoms with van der Waals surface area (Å²) in [6.45, 7) is 4.21. The summed E-state index contributed by atoms with van der Waals surface area (Å²) in [5.74, 6) is 0. The van der Waals surface area contributed by atoms with Crippen molar-refractivity contribution in [3.8, 4) is 0 Å². The molecule has 1 unspecified atom stereocenters. The maximum atomic E-state index is 6.12. The van der Waals surface area contributed by atoms with Crippen LogP contribution < -0.4 is 5.32 Å². The lowest BCUT2D eigenvalue weighted by atomic mass is 10.1. The number of benzene rings is 1. The van der Waals surface area contributed by atoms with E-state index < -0.39 is 0 Å². The first-order valence-corrected chi connectivity index (χ1v) is 6.96. The monoisotopic (exact) mass is 274 g/mol. The number of halogens is 1. The Labute approximate surface area is 119 Å². The van der Waals surface area contributed by atoms with E-state index in [2.05, 4.69) is 41.5 Å². The highest BCUT2D eigenvalue weighted by Gasteiger charge is 2.08. The molecule has 1 aromatic carbocycles. The number of nitrogens with zero attached hydrogens (tertiary/aromatic N) is 1. The number of pyridine rings is 1. The summed E-state index contributed by atoms with van der Waals surface area (Å²) >= 11 is 6.12. The molecule has 0 radical (unpaired) electrons. The van der Waals surface area contributed by atoms with Crippen molar-refractivity contribution in [2.75, 3.05) is 5.32 Å². The van der Waals surface area contributed by atoms with Crippen molar-refractivity contribution in [3.63, 3.8) is 0 Å². The van der Waals surface area contributed by atoms with Gasteiger partial charge in [-0.05, 0) is 43.9 Å². The Morgan fingerprint density at radius 2 is 1.95 bits per heavy atom. The van der Waals surface area contributed by atoms with Crippen molar-refractivity contribution in [2.45, 2.75) is 32.7 Å². The molecule has 0 aliphatic heterocycles. The predicted octanol–water partition coefficient (Wildman–Crippen LogP) is 4.48. The van der Waals surface area contributed by atoms with Crippen molar-refractivity contribution in [2.24, 2.45) is 0 Å². The van der Waals surface area contributed by atoms with E-state index in [1.54, 1.807) is 6.20 Å². The smallest absolute Gasteiger partial charge is 0.152 e. The molecule has 0 aliphatic carbocycles. The largest absolute Gasteiger partial charge is 0.380 e. The van der Waals surface area contributed by atoms with Gasteiger partial charge in [0.1, 0.15) is 0 Å². The van der Waals surface area contributed by atoms with Gasteiger partial charge < -0.3 is 5.32 Å². The number of aryl methyl sites for hydroxylation is 2. The first kappa shape index (κ1) is 13.9. The molecule has 0 spiro atoms. The van der Waals surface area contributed by atoms with Gasteiger partial charge in [0.2, 0.25) is 0 Å². The number of hydrogen-bond donors (Lipinski definition) is 1. The van der Waals surface area contributed by atoms with Crippen LogP contribution in [0.1, 0.15) is 24.5 Å². The van der Waals surface area contributed by atoms with E-state index in [9.17, 15) is 0 Å². The summed E-state index contributed by atoms with van der Waals surface area (Å²) in [6, 6.07) is 12.9. The van der Waals surface area contributed by atoms with E-state index in [1.807, 2.05) is 19.1 Å². The van der Waals surface area contributed by atoms with Crippen molar-refractivity contribution in [1.82, 2.24) is 4.98 Å². The predicted molar refractivity (Wildman–Crippen MR) is 81.8 cm³/mol. The van der Waals surface area contributed by atoms with Crippen LogP contribution in [0.5, 0.6) is 0 Å². The molecule has 100 valence electrons. The van der Waals surface area contributed by atoms with Crippen LogP contribution in [0.2, 0.25) is 5.15 Å². The highest BCUT2D eigenvalue weighted by Crippen LogP contribution is 2.24. The zero-order valence-electron chi connectivity index (χ0n) is 11.4. The fourth-order valence-electron chi connectivity index (χ4n) is 2.04. The molecule has 2 nitrogen and oxygen atoms in total. The van der Waals surface area contributed by atoms with Crippen LogP contribution in [0.3, 0.4) is 0 Å². The van der Waals surface area contributed by atoms with Crippen molar-refractivity contribution in [1.29, 1.82) is 0 Å². The summed E-state index contributed by atoms with van der Waals surface area (Å²) in [5, 5.41) is 4.00. The van der Waals surface area contributed by atoms with Crippen LogP contribution in [-0.4, -0.2) is 11.0 Å². The van der Waals surface area contributed by atoms with E-state index in [-0.39, 0.29) is 0 Å². The number of rotatable bonds is 5. The molecule has 19 heavy (non-hydrogen) atoms. The second-order valence-electron chi connectivity index (χ2n) is 4.86. The van der Waals surface area contributed by atoms with Gasteiger partial charge in [0.25, 0.3) is 0 Å². The number of nitrogens with one attached hydrogen (secondary N) is 1. The van der Waals surface area contributed by atoms with Crippen molar-refractivity contribution in [3.05, 3.63) is 58.9 Å². The molecule has 0 saturated carbocycles. The zero-order chi connectivity index (χ0) is 13.7. The second kappa shape index (κ2) is 6.58. The van der Waals surface area contributed by atoms with E-state index in [4.69, 9.17) is 11.6 Å². The van der Waals surface area contributed by atoms with Gasteiger partial charge in [-0.15, -0.1) is 0 Å². The molecular weight excluding hydrogens is 256 g/mol. The van der Waals surface area contributed by atoms with Gasteiger partial charge in [-0.2, -0.15) is 0 Å². The fourth-order valence-corrected chi connectivity index (χ4v) is 2.30. The van der Waals surface area contributed by atoms with Gasteiger partial charge in [-0.25, -0.2) is 4.98 Å². The average Bonchev–Trinajstić information content (AvgIpc) is 2.42. The Morgan fingerprint density at radius 1 is 1.21 bits per heavy atom. The molecule has 2 aromatic rings. The summed E-state index contributed by atoms with van der Waals surface area (Å²) in [7, 11) is 0. The van der Waals surface area contributed by atoms with Crippen LogP contribution >= 0.6 is 11.6 Å². The van der Waals surface area contributed by atoms with E-state index in [1.165, 1.54) is 5.56 Å². The molecular formula is C16H19ClN2. The third-order valence-electron chi connectivity index (χ3n) is 3.21. The quantitative estimate of drug-likeness (QED) is 0.814. The topological polar surface area (TPSA) is 24.9 Å². The Hall–Kier alpha value is -1.54. The molecule has 0 bridgehead atoms. The van der Waals surface area contributed by atoms with E-state index >= 15 is 0 Å². The number of aromatic nitrogens is 1. The van der Waals surface area contributed by atoms with Gasteiger partial charge in [0.15, 0.2) is 5.15 Å². The number of anilines is 1. The molecule has 0 aliphatic rings.